The molecule has 0 spiro atoms. The zero-order valence-corrected chi connectivity index (χ0v) is 21.4. The summed E-state index contributed by atoms with van der Waals surface area (Å²) in [4.78, 5) is 23.8. The minimum atomic E-state index is -0.256. The van der Waals surface area contributed by atoms with Crippen LogP contribution in [0.25, 0.3) is 0 Å². The van der Waals surface area contributed by atoms with E-state index in [0.717, 1.165) is 41.0 Å². The van der Waals surface area contributed by atoms with Gasteiger partial charge in [0.25, 0.3) is 0 Å². The molecule has 2 aromatic heterocycles. The third kappa shape index (κ3) is 5.69. The highest BCUT2D eigenvalue weighted by Crippen LogP contribution is 2.39. The Labute approximate surface area is 213 Å². The van der Waals surface area contributed by atoms with Crippen LogP contribution in [0.2, 0.25) is 5.15 Å². The normalized spacial score (nSPS) is 16.1. The molecule has 0 aliphatic heterocycles. The lowest BCUT2D eigenvalue weighted by Crippen LogP contribution is -2.24. The van der Waals surface area contributed by atoms with Crippen LogP contribution in [-0.4, -0.2) is 22.4 Å². The Morgan fingerprint density at radius 1 is 1.41 bits per heavy atom. The van der Waals surface area contributed by atoms with Crippen molar-refractivity contribution in [2.45, 2.75) is 49.7 Å². The van der Waals surface area contributed by atoms with Crippen molar-refractivity contribution in [2.24, 2.45) is 10.9 Å². The average molecular weight is 509 g/mol. The number of aromatic nitrogens is 1. The van der Waals surface area contributed by atoms with Gasteiger partial charge < -0.3 is 5.32 Å². The van der Waals surface area contributed by atoms with Crippen molar-refractivity contribution in [2.75, 3.05) is 5.32 Å². The maximum atomic E-state index is 13.1. The molecule has 34 heavy (non-hydrogen) atoms. The number of thiophene rings is 1. The Hall–Kier alpha value is -2.66. The summed E-state index contributed by atoms with van der Waals surface area (Å²) in [5, 5.41) is 13.6. The quantitative estimate of drug-likeness (QED) is 0.210. The van der Waals surface area contributed by atoms with E-state index in [9.17, 15) is 10.1 Å². The van der Waals surface area contributed by atoms with E-state index in [0.29, 0.717) is 28.1 Å². The van der Waals surface area contributed by atoms with Crippen LogP contribution in [0.4, 0.5) is 10.7 Å². The van der Waals surface area contributed by atoms with Crippen LogP contribution >= 0.6 is 34.7 Å². The number of benzene rings is 1. The van der Waals surface area contributed by atoms with Crippen molar-refractivity contribution < 1.29 is 4.79 Å². The molecule has 0 saturated carbocycles. The van der Waals surface area contributed by atoms with E-state index in [4.69, 9.17) is 11.6 Å². The van der Waals surface area contributed by atoms with E-state index < -0.39 is 0 Å². The first kappa shape index (κ1) is 24.5. The van der Waals surface area contributed by atoms with E-state index >= 15 is 0 Å². The SMILES string of the molecule is CC[C@H](Sc1ccc(N=Cc2cccnc2Cl)cc1)C(=O)Nc1sc2c(c1C#N)CC[C@H](C)C2. The number of nitrogens with zero attached hydrogens (tertiary/aromatic N) is 3. The molecule has 5 nitrogen and oxygen atoms in total. The number of carbonyl (C=O) groups excluding carboxylic acids is 1. The van der Waals surface area contributed by atoms with Gasteiger partial charge in [-0.05, 0) is 73.6 Å². The number of pyridine rings is 1. The van der Waals surface area contributed by atoms with Crippen molar-refractivity contribution in [1.29, 1.82) is 5.26 Å². The lowest BCUT2D eigenvalue weighted by Gasteiger charge is -2.17. The highest BCUT2D eigenvalue weighted by molar-refractivity contribution is 8.00. The Morgan fingerprint density at radius 3 is 2.91 bits per heavy atom. The first-order chi connectivity index (χ1) is 16.5. The molecule has 1 aliphatic rings. The fraction of sp³-hybridized carbons (Fsp3) is 0.308. The Morgan fingerprint density at radius 2 is 2.21 bits per heavy atom. The molecule has 0 bridgehead atoms. The number of rotatable bonds is 7. The molecule has 1 aliphatic carbocycles. The Bertz CT molecular complexity index is 1250. The van der Waals surface area contributed by atoms with E-state index in [1.807, 2.05) is 43.3 Å². The molecule has 0 radical (unpaired) electrons. The van der Waals surface area contributed by atoms with Crippen molar-refractivity contribution in [3.63, 3.8) is 0 Å². The molecule has 3 aromatic rings. The number of hydrogen-bond donors (Lipinski definition) is 1. The topological polar surface area (TPSA) is 78.1 Å². The van der Waals surface area contributed by atoms with E-state index in [-0.39, 0.29) is 11.2 Å². The number of fused-ring (bicyclic) bond motifs is 1. The summed E-state index contributed by atoms with van der Waals surface area (Å²) in [5.74, 6) is 0.554. The number of carbonyl (C=O) groups is 1. The zero-order valence-electron chi connectivity index (χ0n) is 19.0. The molecule has 2 heterocycles. The number of hydrogen-bond acceptors (Lipinski definition) is 6. The smallest absolute Gasteiger partial charge is 0.238 e. The number of nitriles is 1. The predicted molar refractivity (Wildman–Crippen MR) is 142 cm³/mol. The first-order valence-corrected chi connectivity index (χ1v) is 13.3. The van der Waals surface area contributed by atoms with Gasteiger partial charge in [0.05, 0.1) is 16.5 Å². The van der Waals surface area contributed by atoms with Gasteiger partial charge in [0.1, 0.15) is 16.2 Å². The monoisotopic (exact) mass is 508 g/mol. The predicted octanol–water partition coefficient (Wildman–Crippen LogP) is 7.05. The summed E-state index contributed by atoms with van der Waals surface area (Å²) in [6.07, 6.45) is 7.00. The van der Waals surface area contributed by atoms with Crippen LogP contribution in [0, 0.1) is 17.2 Å². The number of thioether (sulfide) groups is 1. The molecule has 0 unspecified atom stereocenters. The summed E-state index contributed by atoms with van der Waals surface area (Å²) in [6.45, 7) is 4.24. The van der Waals surface area contributed by atoms with Crippen LogP contribution in [0.1, 0.15) is 48.3 Å². The maximum absolute atomic E-state index is 13.1. The number of nitrogens with one attached hydrogen (secondary N) is 1. The van der Waals surface area contributed by atoms with Crippen molar-refractivity contribution >= 4 is 57.5 Å². The van der Waals surface area contributed by atoms with Crippen molar-refractivity contribution in [3.05, 3.63) is 69.3 Å². The molecule has 1 N–H and O–H groups in total. The second-order valence-corrected chi connectivity index (χ2v) is 11.0. The van der Waals surface area contributed by atoms with Gasteiger partial charge in [-0.15, -0.1) is 23.1 Å². The molecule has 0 fully saturated rings. The number of amides is 1. The van der Waals surface area contributed by atoms with Crippen molar-refractivity contribution in [1.82, 2.24) is 4.98 Å². The van der Waals surface area contributed by atoms with Gasteiger partial charge in [0.2, 0.25) is 5.91 Å². The molecule has 0 saturated heterocycles. The summed E-state index contributed by atoms with van der Waals surface area (Å²) in [6, 6.07) is 13.7. The van der Waals surface area contributed by atoms with Gasteiger partial charge in [-0.2, -0.15) is 5.26 Å². The third-order valence-electron chi connectivity index (χ3n) is 5.78. The van der Waals surface area contributed by atoms with Crippen LogP contribution < -0.4 is 5.32 Å². The minimum absolute atomic E-state index is 0.0658. The minimum Gasteiger partial charge on any atom is -0.316 e. The largest absolute Gasteiger partial charge is 0.316 e. The average Bonchev–Trinajstić information content (AvgIpc) is 3.18. The molecular formula is C26H25ClN4OS2. The maximum Gasteiger partial charge on any atom is 0.238 e. The lowest BCUT2D eigenvalue weighted by atomic mass is 9.88. The molecule has 1 aromatic carbocycles. The fourth-order valence-corrected chi connectivity index (χ4v) is 6.37. The van der Waals surface area contributed by atoms with Gasteiger partial charge in [0, 0.05) is 27.7 Å². The molecule has 2 atom stereocenters. The Kier molecular flexibility index (Phi) is 8.04. The van der Waals surface area contributed by atoms with Gasteiger partial charge in [-0.25, -0.2) is 4.98 Å². The lowest BCUT2D eigenvalue weighted by molar-refractivity contribution is -0.115. The highest BCUT2D eigenvalue weighted by Gasteiger charge is 2.26. The summed E-state index contributed by atoms with van der Waals surface area (Å²) < 4.78 is 0. The number of anilines is 1. The van der Waals surface area contributed by atoms with Gasteiger partial charge >= 0.3 is 0 Å². The fourth-order valence-electron chi connectivity index (χ4n) is 3.89. The Balaban J connectivity index is 1.42. The molecular weight excluding hydrogens is 484 g/mol. The zero-order chi connectivity index (χ0) is 24.1. The first-order valence-electron chi connectivity index (χ1n) is 11.2. The summed E-state index contributed by atoms with van der Waals surface area (Å²) in [5.41, 5.74) is 3.33. The van der Waals surface area contributed by atoms with Crippen LogP contribution in [0.3, 0.4) is 0 Å². The van der Waals surface area contributed by atoms with E-state index in [2.05, 4.69) is 28.3 Å². The van der Waals surface area contributed by atoms with Crippen LogP contribution in [0.5, 0.6) is 0 Å². The standard InChI is InChI=1S/C26H25ClN4OS2/c1-3-22(25(32)31-26-21(14-28)20-11-6-16(2)13-23(20)34-26)33-19-9-7-18(8-10-19)30-15-17-5-4-12-29-24(17)27/h4-5,7-10,12,15-16,22H,3,6,11,13H2,1-2H3,(H,31,32)/t16-,22-/m0/s1. The van der Waals surface area contributed by atoms with Crippen molar-refractivity contribution in [3.8, 4) is 6.07 Å². The molecule has 174 valence electrons. The second kappa shape index (κ2) is 11.2. The van der Waals surface area contributed by atoms with Gasteiger partial charge in [0.15, 0.2) is 0 Å². The highest BCUT2D eigenvalue weighted by atomic mass is 35.5. The summed E-state index contributed by atoms with van der Waals surface area (Å²) in [7, 11) is 0. The molecule has 4 rings (SSSR count). The van der Waals surface area contributed by atoms with E-state index in [1.54, 1.807) is 23.7 Å². The van der Waals surface area contributed by atoms with Gasteiger partial charge in [-0.3, -0.25) is 9.79 Å². The van der Waals surface area contributed by atoms with E-state index in [1.165, 1.54) is 16.6 Å². The van der Waals surface area contributed by atoms with Gasteiger partial charge in [-0.1, -0.05) is 25.4 Å². The molecule has 1 amide bonds. The van der Waals surface area contributed by atoms with Crippen LogP contribution in [0.15, 0.2) is 52.5 Å². The number of halogens is 1. The van der Waals surface area contributed by atoms with Crippen LogP contribution in [-0.2, 0) is 17.6 Å². The summed E-state index contributed by atoms with van der Waals surface area (Å²) >= 11 is 9.15. The molecule has 8 heteroatoms. The second-order valence-electron chi connectivity index (χ2n) is 8.31. The number of aliphatic imine (C=N–C) groups is 1. The third-order valence-corrected chi connectivity index (χ3v) is 8.64.